The molecule has 0 spiro atoms. The number of fused-ring (bicyclic) bond motifs is 2. The van der Waals surface area contributed by atoms with Crippen molar-refractivity contribution in [3.63, 3.8) is 0 Å². The van der Waals surface area contributed by atoms with Gasteiger partial charge in [0.25, 0.3) is 10.0 Å². The van der Waals surface area contributed by atoms with Gasteiger partial charge in [0, 0.05) is 6.04 Å². The van der Waals surface area contributed by atoms with Gasteiger partial charge in [-0.3, -0.25) is 9.10 Å². The Morgan fingerprint density at radius 1 is 1.03 bits per heavy atom. The highest BCUT2D eigenvalue weighted by Crippen LogP contribution is 2.44. The Hall–Kier alpha value is -2.34. The lowest BCUT2D eigenvalue weighted by atomic mass is 9.95. The summed E-state index contributed by atoms with van der Waals surface area (Å²) in [5.41, 5.74) is 2.58. The number of sulfonamides is 1. The minimum Gasteiger partial charge on any atom is -0.352 e. The summed E-state index contributed by atoms with van der Waals surface area (Å²) in [6.07, 6.45) is 4.63. The van der Waals surface area contributed by atoms with Crippen LogP contribution in [0.3, 0.4) is 0 Å². The second kappa shape index (κ2) is 7.82. The van der Waals surface area contributed by atoms with E-state index >= 15 is 0 Å². The molecule has 2 fully saturated rings. The van der Waals surface area contributed by atoms with E-state index in [2.05, 4.69) is 5.32 Å². The van der Waals surface area contributed by atoms with Crippen LogP contribution in [-0.2, 0) is 14.8 Å². The van der Waals surface area contributed by atoms with E-state index in [0.717, 1.165) is 17.5 Å². The standard InChI is InChI=1S/C23H28N2O3S/c1-16-8-11-20(12-17(16)2)25(29(27,28)21-6-4-3-5-7-21)15-23(26)24-22-14-18-9-10-19(22)13-18/h3-8,11-12,18-19,22H,9-10,13-15H2,1-2H3,(H,24,26)/t18-,19-,22-/m1/s1. The van der Waals surface area contributed by atoms with Gasteiger partial charge in [-0.2, -0.15) is 0 Å². The second-order valence-corrected chi connectivity index (χ2v) is 10.3. The highest BCUT2D eigenvalue weighted by atomic mass is 32.2. The summed E-state index contributed by atoms with van der Waals surface area (Å²) in [7, 11) is -3.85. The van der Waals surface area contributed by atoms with E-state index in [4.69, 9.17) is 0 Å². The quantitative estimate of drug-likeness (QED) is 0.785. The molecule has 5 nitrogen and oxygen atoms in total. The summed E-state index contributed by atoms with van der Waals surface area (Å²) in [4.78, 5) is 13.1. The van der Waals surface area contributed by atoms with Crippen LogP contribution in [0.2, 0.25) is 0 Å². The molecule has 2 aromatic rings. The van der Waals surface area contributed by atoms with Crippen LogP contribution >= 0.6 is 0 Å². The van der Waals surface area contributed by atoms with Crippen molar-refractivity contribution in [1.29, 1.82) is 0 Å². The van der Waals surface area contributed by atoms with Crippen molar-refractivity contribution in [3.8, 4) is 0 Å². The number of rotatable bonds is 6. The molecule has 2 aromatic carbocycles. The van der Waals surface area contributed by atoms with Gasteiger partial charge in [0.1, 0.15) is 6.54 Å². The maximum Gasteiger partial charge on any atom is 0.264 e. The van der Waals surface area contributed by atoms with Gasteiger partial charge >= 0.3 is 0 Å². The third kappa shape index (κ3) is 4.04. The second-order valence-electron chi connectivity index (χ2n) is 8.44. The SMILES string of the molecule is Cc1ccc(N(CC(=O)N[C@@H]2C[C@@H]3CC[C@@H]2C3)S(=O)(=O)c2ccccc2)cc1C. The zero-order valence-corrected chi connectivity index (χ0v) is 17.8. The Morgan fingerprint density at radius 2 is 1.79 bits per heavy atom. The fourth-order valence-corrected chi connectivity index (χ4v) is 6.15. The summed E-state index contributed by atoms with van der Waals surface area (Å²) < 4.78 is 28.0. The summed E-state index contributed by atoms with van der Waals surface area (Å²) >= 11 is 0. The number of hydrogen-bond acceptors (Lipinski definition) is 3. The van der Waals surface area contributed by atoms with Crippen molar-refractivity contribution in [3.05, 3.63) is 59.7 Å². The van der Waals surface area contributed by atoms with Crippen LogP contribution in [0, 0.1) is 25.7 Å². The molecule has 3 atom stereocenters. The maximum atomic E-state index is 13.4. The van der Waals surface area contributed by atoms with Crippen molar-refractivity contribution in [2.45, 2.75) is 50.5 Å². The molecule has 2 aliphatic rings. The zero-order chi connectivity index (χ0) is 20.6. The third-order valence-electron chi connectivity index (χ3n) is 6.48. The molecule has 2 aliphatic carbocycles. The van der Waals surface area contributed by atoms with Gasteiger partial charge in [0.2, 0.25) is 5.91 Å². The maximum absolute atomic E-state index is 13.4. The molecular weight excluding hydrogens is 384 g/mol. The number of anilines is 1. The lowest BCUT2D eigenvalue weighted by Crippen LogP contribution is -2.46. The van der Waals surface area contributed by atoms with Crippen LogP contribution in [0.4, 0.5) is 5.69 Å². The smallest absolute Gasteiger partial charge is 0.264 e. The van der Waals surface area contributed by atoms with Gasteiger partial charge in [-0.25, -0.2) is 8.42 Å². The average molecular weight is 413 g/mol. The van der Waals surface area contributed by atoms with Crippen LogP contribution in [0.5, 0.6) is 0 Å². The molecule has 0 aliphatic heterocycles. The van der Waals surface area contributed by atoms with E-state index in [1.165, 1.54) is 23.6 Å². The Kier molecular flexibility index (Phi) is 5.38. The zero-order valence-electron chi connectivity index (χ0n) is 17.0. The molecule has 0 heterocycles. The Balaban J connectivity index is 1.61. The molecule has 1 N–H and O–H groups in total. The topological polar surface area (TPSA) is 66.5 Å². The first-order valence-corrected chi connectivity index (χ1v) is 11.7. The number of aryl methyl sites for hydroxylation is 2. The Labute approximate surface area is 173 Å². The lowest BCUT2D eigenvalue weighted by Gasteiger charge is -2.27. The molecule has 0 unspecified atom stereocenters. The first-order chi connectivity index (χ1) is 13.8. The summed E-state index contributed by atoms with van der Waals surface area (Å²) in [5.74, 6) is 1.03. The van der Waals surface area contributed by atoms with Crippen LogP contribution in [-0.4, -0.2) is 26.9 Å². The molecule has 0 radical (unpaired) electrons. The summed E-state index contributed by atoms with van der Waals surface area (Å²) in [6.45, 7) is 3.71. The summed E-state index contributed by atoms with van der Waals surface area (Å²) in [5, 5.41) is 3.12. The number of amides is 1. The number of nitrogens with one attached hydrogen (secondary N) is 1. The molecule has 1 amide bonds. The predicted molar refractivity (Wildman–Crippen MR) is 114 cm³/mol. The molecule has 154 valence electrons. The fraction of sp³-hybridized carbons (Fsp3) is 0.435. The molecular formula is C23H28N2O3S. The first kappa shape index (κ1) is 20.0. The van der Waals surface area contributed by atoms with E-state index < -0.39 is 10.0 Å². The molecule has 0 saturated heterocycles. The van der Waals surface area contributed by atoms with E-state index in [9.17, 15) is 13.2 Å². The summed E-state index contributed by atoms with van der Waals surface area (Å²) in [6, 6.07) is 14.0. The van der Waals surface area contributed by atoms with Gasteiger partial charge < -0.3 is 5.32 Å². The Bertz CT molecular complexity index is 1000. The van der Waals surface area contributed by atoms with Crippen molar-refractivity contribution in [2.24, 2.45) is 11.8 Å². The minimum atomic E-state index is -3.85. The lowest BCUT2D eigenvalue weighted by molar-refractivity contribution is -0.120. The normalized spacial score (nSPS) is 23.2. The van der Waals surface area contributed by atoms with Crippen LogP contribution in [0.25, 0.3) is 0 Å². The molecule has 2 saturated carbocycles. The molecule has 0 aromatic heterocycles. The first-order valence-electron chi connectivity index (χ1n) is 10.3. The Morgan fingerprint density at radius 3 is 2.41 bits per heavy atom. The number of benzene rings is 2. The van der Waals surface area contributed by atoms with Crippen molar-refractivity contribution < 1.29 is 13.2 Å². The van der Waals surface area contributed by atoms with Crippen molar-refractivity contribution in [2.75, 3.05) is 10.8 Å². The van der Waals surface area contributed by atoms with Gasteiger partial charge in [-0.05, 0) is 80.3 Å². The van der Waals surface area contributed by atoms with Gasteiger partial charge in [0.15, 0.2) is 0 Å². The predicted octanol–water partition coefficient (Wildman–Crippen LogP) is 3.80. The van der Waals surface area contributed by atoms with E-state index in [1.54, 1.807) is 36.4 Å². The number of carbonyl (C=O) groups excluding carboxylic acids is 1. The largest absolute Gasteiger partial charge is 0.352 e. The van der Waals surface area contributed by atoms with E-state index in [-0.39, 0.29) is 23.4 Å². The molecule has 6 heteroatoms. The van der Waals surface area contributed by atoms with E-state index in [0.29, 0.717) is 17.5 Å². The minimum absolute atomic E-state index is 0.183. The molecule has 2 bridgehead atoms. The fourth-order valence-electron chi connectivity index (χ4n) is 4.72. The average Bonchev–Trinajstić information content (AvgIpc) is 3.32. The van der Waals surface area contributed by atoms with Crippen molar-refractivity contribution >= 4 is 21.6 Å². The van der Waals surface area contributed by atoms with Crippen LogP contribution in [0.1, 0.15) is 36.8 Å². The third-order valence-corrected chi connectivity index (χ3v) is 8.27. The molecule has 29 heavy (non-hydrogen) atoms. The molecule has 4 rings (SSSR count). The number of hydrogen-bond donors (Lipinski definition) is 1. The van der Waals surface area contributed by atoms with E-state index in [1.807, 2.05) is 26.0 Å². The van der Waals surface area contributed by atoms with Crippen LogP contribution in [0.15, 0.2) is 53.4 Å². The number of carbonyl (C=O) groups is 1. The number of nitrogens with zero attached hydrogens (tertiary/aromatic N) is 1. The van der Waals surface area contributed by atoms with Crippen molar-refractivity contribution in [1.82, 2.24) is 5.32 Å². The highest BCUT2D eigenvalue weighted by molar-refractivity contribution is 7.92. The van der Waals surface area contributed by atoms with Gasteiger partial charge in [-0.1, -0.05) is 30.7 Å². The highest BCUT2D eigenvalue weighted by Gasteiger charge is 2.40. The van der Waals surface area contributed by atoms with Gasteiger partial charge in [-0.15, -0.1) is 0 Å². The monoisotopic (exact) mass is 412 g/mol. The van der Waals surface area contributed by atoms with Gasteiger partial charge in [0.05, 0.1) is 10.6 Å². The van der Waals surface area contributed by atoms with Crippen LogP contribution < -0.4 is 9.62 Å².